The first-order chi connectivity index (χ1) is 12.6. The van der Waals surface area contributed by atoms with E-state index >= 15 is 0 Å². The molecule has 1 aliphatic heterocycles. The van der Waals surface area contributed by atoms with E-state index in [9.17, 15) is 14.7 Å². The maximum Gasteiger partial charge on any atom is 0.256 e. The van der Waals surface area contributed by atoms with Crippen LogP contribution >= 0.6 is 0 Å². The van der Waals surface area contributed by atoms with Gasteiger partial charge in [0.25, 0.3) is 5.91 Å². The monoisotopic (exact) mass is 379 g/mol. The highest BCUT2D eigenvalue weighted by Crippen LogP contribution is 2.33. The lowest BCUT2D eigenvalue weighted by Gasteiger charge is -2.40. The number of amides is 2. The van der Waals surface area contributed by atoms with E-state index in [1.165, 1.54) is 0 Å². The van der Waals surface area contributed by atoms with Crippen LogP contribution in [0.5, 0.6) is 11.5 Å². The van der Waals surface area contributed by atoms with Crippen molar-refractivity contribution in [2.75, 3.05) is 27.3 Å². The first-order valence-corrected chi connectivity index (χ1v) is 8.91. The van der Waals surface area contributed by atoms with Crippen LogP contribution in [0, 0.1) is 0 Å². The van der Waals surface area contributed by atoms with Crippen LogP contribution in [0.3, 0.4) is 0 Å². The van der Waals surface area contributed by atoms with Crippen molar-refractivity contribution >= 4 is 11.8 Å². The van der Waals surface area contributed by atoms with Crippen LogP contribution in [0.2, 0.25) is 0 Å². The Bertz CT molecular complexity index is 707. The molecule has 27 heavy (non-hydrogen) atoms. The number of nitrogens with zero attached hydrogens (tertiary/aromatic N) is 1. The number of hydrogen-bond donors (Lipinski definition) is 3. The van der Waals surface area contributed by atoms with Crippen molar-refractivity contribution in [1.82, 2.24) is 10.2 Å². The highest BCUT2D eigenvalue weighted by molar-refractivity contribution is 5.87. The van der Waals surface area contributed by atoms with Crippen molar-refractivity contribution in [3.8, 4) is 11.5 Å². The zero-order chi connectivity index (χ0) is 20.2. The lowest BCUT2D eigenvalue weighted by Crippen LogP contribution is -2.62. The molecule has 1 aliphatic rings. The molecule has 1 unspecified atom stereocenters. The van der Waals surface area contributed by atoms with Crippen LogP contribution in [0.15, 0.2) is 18.2 Å². The van der Waals surface area contributed by atoms with Gasteiger partial charge in [-0.15, -0.1) is 0 Å². The number of nitrogens with one attached hydrogen (secondary N) is 1. The average molecular weight is 379 g/mol. The van der Waals surface area contributed by atoms with Gasteiger partial charge in [0.2, 0.25) is 5.91 Å². The summed E-state index contributed by atoms with van der Waals surface area (Å²) >= 11 is 0. The number of β-amino-alcohol motifs (C(OH)–C–C–N with tert-alkyl or cyclic N) is 1. The van der Waals surface area contributed by atoms with Crippen molar-refractivity contribution < 1.29 is 24.2 Å². The number of carbonyl (C=O) groups excluding carboxylic acids is 2. The molecule has 1 atom stereocenters. The normalized spacial score (nSPS) is 20.5. The van der Waals surface area contributed by atoms with Crippen LogP contribution in [0.1, 0.15) is 32.3 Å². The van der Waals surface area contributed by atoms with E-state index in [1.54, 1.807) is 39.0 Å². The smallest absolute Gasteiger partial charge is 0.256 e. The van der Waals surface area contributed by atoms with Crippen LogP contribution < -0.4 is 20.5 Å². The van der Waals surface area contributed by atoms with Gasteiger partial charge in [-0.2, -0.15) is 0 Å². The fourth-order valence-corrected chi connectivity index (χ4v) is 3.12. The molecule has 0 spiro atoms. The van der Waals surface area contributed by atoms with E-state index in [2.05, 4.69) is 5.32 Å². The standard InChI is InChI=1S/C19H29N3O5/c1-18(2,16(20)23)21-12-19(25)9-6-10-22(17(19)24)11-13-7-5-8-14(26-3)15(13)27-4/h5,7-8,21,25H,6,9-12H2,1-4H3,(H2,20,23). The molecule has 1 aromatic carbocycles. The number of nitrogens with two attached hydrogens (primary N) is 1. The van der Waals surface area contributed by atoms with Gasteiger partial charge in [0.05, 0.1) is 19.8 Å². The Balaban J connectivity index is 2.16. The van der Waals surface area contributed by atoms with Gasteiger partial charge in [-0.1, -0.05) is 12.1 Å². The number of piperidine rings is 1. The Morgan fingerprint density at radius 1 is 1.37 bits per heavy atom. The minimum absolute atomic E-state index is 0.0481. The molecule has 150 valence electrons. The minimum Gasteiger partial charge on any atom is -0.493 e. The number of rotatable bonds is 8. The van der Waals surface area contributed by atoms with Crippen molar-refractivity contribution in [3.05, 3.63) is 23.8 Å². The summed E-state index contributed by atoms with van der Waals surface area (Å²) in [6.45, 7) is 4.00. The topological polar surface area (TPSA) is 114 Å². The summed E-state index contributed by atoms with van der Waals surface area (Å²) in [6.07, 6.45) is 0.965. The highest BCUT2D eigenvalue weighted by Gasteiger charge is 2.43. The second-order valence-electron chi connectivity index (χ2n) is 7.36. The lowest BCUT2D eigenvalue weighted by molar-refractivity contribution is -0.158. The average Bonchev–Trinajstić information content (AvgIpc) is 2.63. The predicted octanol–water partition coefficient (Wildman–Crippen LogP) is 0.411. The summed E-state index contributed by atoms with van der Waals surface area (Å²) < 4.78 is 10.7. The molecule has 0 saturated carbocycles. The van der Waals surface area contributed by atoms with Crippen molar-refractivity contribution in [3.63, 3.8) is 0 Å². The van der Waals surface area contributed by atoms with Crippen molar-refractivity contribution in [2.24, 2.45) is 5.73 Å². The van der Waals surface area contributed by atoms with Gasteiger partial charge in [0.1, 0.15) is 0 Å². The molecule has 2 rings (SSSR count). The Labute approximate surface area is 159 Å². The number of benzene rings is 1. The summed E-state index contributed by atoms with van der Waals surface area (Å²) in [7, 11) is 3.10. The molecule has 8 heteroatoms. The fourth-order valence-electron chi connectivity index (χ4n) is 3.12. The van der Waals surface area contributed by atoms with Gasteiger partial charge < -0.3 is 30.5 Å². The van der Waals surface area contributed by atoms with Gasteiger partial charge in [0, 0.05) is 25.2 Å². The summed E-state index contributed by atoms with van der Waals surface area (Å²) in [5.74, 6) is 0.216. The van der Waals surface area contributed by atoms with Gasteiger partial charge in [-0.05, 0) is 32.8 Å². The Kier molecular flexibility index (Phi) is 6.33. The number of ether oxygens (including phenoxy) is 2. The highest BCUT2D eigenvalue weighted by atomic mass is 16.5. The summed E-state index contributed by atoms with van der Waals surface area (Å²) in [5, 5.41) is 13.8. The number of likely N-dealkylation sites (tertiary alicyclic amines) is 1. The molecule has 0 bridgehead atoms. The maximum atomic E-state index is 12.9. The molecule has 0 aromatic heterocycles. The number of hydrogen-bond acceptors (Lipinski definition) is 6. The second-order valence-corrected chi connectivity index (χ2v) is 7.36. The quantitative estimate of drug-likeness (QED) is 0.603. The van der Waals surface area contributed by atoms with Crippen LogP contribution in [-0.4, -0.2) is 60.3 Å². The number of carbonyl (C=O) groups is 2. The molecule has 2 amide bonds. The Hall–Kier alpha value is -2.32. The van der Waals surface area contributed by atoms with E-state index in [0.717, 1.165) is 5.56 Å². The maximum absolute atomic E-state index is 12.9. The summed E-state index contributed by atoms with van der Waals surface area (Å²) in [5.41, 5.74) is 3.53. The molecule has 8 nitrogen and oxygen atoms in total. The second kappa shape index (κ2) is 8.14. The lowest BCUT2D eigenvalue weighted by atomic mass is 9.90. The van der Waals surface area contributed by atoms with E-state index in [1.807, 2.05) is 12.1 Å². The van der Waals surface area contributed by atoms with Gasteiger partial charge in [-0.25, -0.2) is 0 Å². The zero-order valence-electron chi connectivity index (χ0n) is 16.4. The van der Waals surface area contributed by atoms with Gasteiger partial charge in [-0.3, -0.25) is 9.59 Å². The third-order valence-electron chi connectivity index (χ3n) is 4.99. The van der Waals surface area contributed by atoms with E-state index in [4.69, 9.17) is 15.2 Å². The van der Waals surface area contributed by atoms with Crippen LogP contribution in [0.4, 0.5) is 0 Å². The predicted molar refractivity (Wildman–Crippen MR) is 100 cm³/mol. The first-order valence-electron chi connectivity index (χ1n) is 8.91. The summed E-state index contributed by atoms with van der Waals surface area (Å²) in [4.78, 5) is 26.0. The number of para-hydroxylation sites is 1. The Morgan fingerprint density at radius 2 is 2.07 bits per heavy atom. The fraction of sp³-hybridized carbons (Fsp3) is 0.579. The largest absolute Gasteiger partial charge is 0.493 e. The molecule has 1 saturated heterocycles. The molecule has 4 N–H and O–H groups in total. The van der Waals surface area contributed by atoms with E-state index < -0.39 is 17.0 Å². The van der Waals surface area contributed by atoms with Crippen molar-refractivity contribution in [2.45, 2.75) is 44.4 Å². The minimum atomic E-state index is -1.59. The molecule has 1 aromatic rings. The van der Waals surface area contributed by atoms with Crippen LogP contribution in [-0.2, 0) is 16.1 Å². The number of methoxy groups -OCH3 is 2. The SMILES string of the molecule is COc1cccc(CN2CCCC(O)(CNC(C)(C)C(N)=O)C2=O)c1OC. The Morgan fingerprint density at radius 3 is 2.67 bits per heavy atom. The molecule has 1 heterocycles. The number of aliphatic hydroxyl groups is 1. The molecule has 0 radical (unpaired) electrons. The molecular formula is C19H29N3O5. The molecule has 1 fully saturated rings. The first kappa shape index (κ1) is 21.0. The van der Waals surface area contributed by atoms with Gasteiger partial charge >= 0.3 is 0 Å². The number of primary amides is 1. The molecular weight excluding hydrogens is 350 g/mol. The van der Waals surface area contributed by atoms with Gasteiger partial charge in [0.15, 0.2) is 17.1 Å². The third kappa shape index (κ3) is 4.51. The van der Waals surface area contributed by atoms with Crippen LogP contribution in [0.25, 0.3) is 0 Å². The van der Waals surface area contributed by atoms with Crippen molar-refractivity contribution in [1.29, 1.82) is 0 Å². The zero-order valence-corrected chi connectivity index (χ0v) is 16.4. The third-order valence-corrected chi connectivity index (χ3v) is 4.99. The molecule has 0 aliphatic carbocycles. The van der Waals surface area contributed by atoms with E-state index in [-0.39, 0.29) is 12.5 Å². The summed E-state index contributed by atoms with van der Waals surface area (Å²) in [6, 6.07) is 5.47. The van der Waals surface area contributed by atoms with E-state index in [0.29, 0.717) is 37.4 Å².